The van der Waals surface area contributed by atoms with E-state index >= 15 is 0 Å². The molecule has 8 heterocycles. The number of hydrogen-bond acceptors (Lipinski definition) is 14. The predicted molar refractivity (Wildman–Crippen MR) is 230 cm³/mol. The van der Waals surface area contributed by atoms with E-state index in [2.05, 4.69) is 84.9 Å². The Morgan fingerprint density at radius 2 is 0.268 bits per heavy atom. The van der Waals surface area contributed by atoms with Crippen LogP contribution in [0.25, 0.3) is 0 Å². The van der Waals surface area contributed by atoms with E-state index in [1.165, 1.54) is 68.3 Å². The first-order valence-electron chi connectivity index (χ1n) is 18.2. The Balaban J connectivity index is 0.832. The van der Waals surface area contributed by atoms with Gasteiger partial charge >= 0.3 is 0 Å². The highest BCUT2D eigenvalue weighted by molar-refractivity contribution is 7.13. The standard InChI is InChI=1S/C42H42O7S7/c1-2-30-16-44-18-32-5-6-34(52-32)20-46-22-36-9-10-38(54-36)24-48-26-40-13-14-42(56-40)28-49-27-41-12-11-39(55-41)25-47-23-37-8-7-35(53-37)21-45-19-33-4-3-31(51-33)17-43-15-29(1)50-30/h1-14H,15-28H2. The van der Waals surface area contributed by atoms with Gasteiger partial charge in [0, 0.05) is 68.3 Å². The van der Waals surface area contributed by atoms with Crippen LogP contribution < -0.4 is 0 Å². The van der Waals surface area contributed by atoms with Gasteiger partial charge in [0.1, 0.15) is 0 Å². The molecule has 0 N–H and O–H groups in total. The van der Waals surface area contributed by atoms with Crippen molar-refractivity contribution in [2.45, 2.75) is 92.5 Å². The SMILES string of the molecule is c1cc2sc1COCc1ccc(s1)COCc1ccc(s1)COCc1ccc(s1)COCc1ccc(s1)COCc1ccc(s1)COCc1ccc(s1)COC2. The Morgan fingerprint density at radius 1 is 0.179 bits per heavy atom. The smallest absolute Gasteiger partial charge is 0.0814 e. The summed E-state index contributed by atoms with van der Waals surface area (Å²) in [6, 6.07) is 29.9. The van der Waals surface area contributed by atoms with Gasteiger partial charge in [0.2, 0.25) is 0 Å². The van der Waals surface area contributed by atoms with E-state index in [1.807, 2.05) is 0 Å². The van der Waals surface area contributed by atoms with Crippen molar-refractivity contribution in [2.24, 2.45) is 0 Å². The quantitative estimate of drug-likeness (QED) is 0.150. The molecule has 0 radical (unpaired) electrons. The lowest BCUT2D eigenvalue weighted by Gasteiger charge is -2.03. The van der Waals surface area contributed by atoms with Crippen molar-refractivity contribution in [1.82, 2.24) is 0 Å². The fourth-order valence-corrected chi connectivity index (χ4v) is 12.1. The van der Waals surface area contributed by atoms with Crippen LogP contribution in [0.5, 0.6) is 0 Å². The van der Waals surface area contributed by atoms with Gasteiger partial charge in [-0.15, -0.1) is 79.4 Å². The zero-order valence-corrected chi connectivity index (χ0v) is 36.4. The Labute approximate surface area is 355 Å². The highest BCUT2D eigenvalue weighted by Gasteiger charge is 2.10. The topological polar surface area (TPSA) is 64.6 Å². The van der Waals surface area contributed by atoms with Crippen LogP contribution in [-0.4, -0.2) is 0 Å². The van der Waals surface area contributed by atoms with Gasteiger partial charge in [0.05, 0.1) is 92.5 Å². The molecular formula is C42H42O7S7. The summed E-state index contributed by atoms with van der Waals surface area (Å²) in [5.41, 5.74) is 0. The van der Waals surface area contributed by atoms with Crippen molar-refractivity contribution >= 4 is 79.4 Å². The average molecular weight is 883 g/mol. The van der Waals surface area contributed by atoms with Gasteiger partial charge < -0.3 is 33.2 Å². The summed E-state index contributed by atoms with van der Waals surface area (Å²) in [7, 11) is 0. The van der Waals surface area contributed by atoms with Crippen LogP contribution in [0.15, 0.2) is 84.9 Å². The maximum Gasteiger partial charge on any atom is 0.0814 e. The summed E-state index contributed by atoms with van der Waals surface area (Å²) in [6.45, 7) is 8.27. The highest BCUT2D eigenvalue weighted by Crippen LogP contribution is 2.27. The molecule has 7 aromatic heterocycles. The molecule has 0 amide bonds. The van der Waals surface area contributed by atoms with E-state index in [-0.39, 0.29) is 0 Å². The molecule has 294 valence electrons. The molecule has 0 saturated carbocycles. The fourth-order valence-electron chi connectivity index (χ4n) is 5.81. The van der Waals surface area contributed by atoms with E-state index in [1.54, 1.807) is 79.4 Å². The Hall–Kier alpha value is -2.38. The van der Waals surface area contributed by atoms with Crippen LogP contribution in [0.2, 0.25) is 0 Å². The van der Waals surface area contributed by atoms with Crippen molar-refractivity contribution in [1.29, 1.82) is 0 Å². The molecule has 1 aliphatic rings. The second kappa shape index (κ2) is 21.0. The van der Waals surface area contributed by atoms with Crippen LogP contribution >= 0.6 is 79.4 Å². The first kappa shape index (κ1) is 40.4. The van der Waals surface area contributed by atoms with Gasteiger partial charge in [-0.25, -0.2) is 0 Å². The van der Waals surface area contributed by atoms with E-state index in [4.69, 9.17) is 33.2 Å². The van der Waals surface area contributed by atoms with Gasteiger partial charge in [-0.05, 0) is 84.9 Å². The molecule has 14 heteroatoms. The third-order valence-corrected chi connectivity index (χ3v) is 15.7. The minimum atomic E-state index is 0.591. The molecule has 0 fully saturated rings. The van der Waals surface area contributed by atoms with Gasteiger partial charge in [-0.3, -0.25) is 0 Å². The lowest BCUT2D eigenvalue weighted by Crippen LogP contribution is -1.91. The molecule has 1 aliphatic heterocycles. The highest BCUT2D eigenvalue weighted by atomic mass is 32.1. The van der Waals surface area contributed by atoms with E-state index in [0.29, 0.717) is 92.5 Å². The number of thiophene rings is 7. The predicted octanol–water partition coefficient (Wildman–Crippen LogP) is 12.4. The molecular weight excluding hydrogens is 841 g/mol. The summed E-state index contributed by atoms with van der Waals surface area (Å²) in [5, 5.41) is 0. The van der Waals surface area contributed by atoms with Gasteiger partial charge in [0.15, 0.2) is 0 Å². The van der Waals surface area contributed by atoms with Gasteiger partial charge in [-0.2, -0.15) is 0 Å². The Morgan fingerprint density at radius 3 is 0.357 bits per heavy atom. The first-order valence-corrected chi connectivity index (χ1v) is 23.9. The molecule has 7 nitrogen and oxygen atoms in total. The largest absolute Gasteiger partial charge is 0.370 e. The number of fused-ring (bicyclic) bond motifs is 14. The lowest BCUT2D eigenvalue weighted by molar-refractivity contribution is 0.110. The van der Waals surface area contributed by atoms with E-state index in [9.17, 15) is 0 Å². The fraction of sp³-hybridized carbons (Fsp3) is 0.333. The molecule has 56 heavy (non-hydrogen) atoms. The van der Waals surface area contributed by atoms with E-state index in [0.717, 1.165) is 0 Å². The molecule has 0 aliphatic carbocycles. The monoisotopic (exact) mass is 882 g/mol. The summed E-state index contributed by atoms with van der Waals surface area (Å²) in [6.07, 6.45) is 0. The maximum atomic E-state index is 6.06. The molecule has 0 aromatic carbocycles. The molecule has 8 rings (SSSR count). The first-order chi connectivity index (χ1) is 27.6. The second-order valence-corrected chi connectivity index (χ2v) is 21.8. The summed E-state index contributed by atoms with van der Waals surface area (Å²) >= 11 is 12.2. The van der Waals surface area contributed by atoms with Crippen molar-refractivity contribution in [3.05, 3.63) is 153 Å². The molecule has 14 bridgehead atoms. The van der Waals surface area contributed by atoms with E-state index < -0.39 is 0 Å². The Bertz CT molecular complexity index is 1650. The van der Waals surface area contributed by atoms with Crippen molar-refractivity contribution in [2.75, 3.05) is 0 Å². The summed E-state index contributed by atoms with van der Waals surface area (Å²) in [4.78, 5) is 16.8. The third kappa shape index (κ3) is 12.6. The van der Waals surface area contributed by atoms with Crippen molar-refractivity contribution in [3.63, 3.8) is 0 Å². The summed E-state index contributed by atoms with van der Waals surface area (Å²) in [5.74, 6) is 0. The minimum Gasteiger partial charge on any atom is -0.370 e. The normalized spacial score (nSPS) is 16.5. The van der Waals surface area contributed by atoms with Crippen LogP contribution in [-0.2, 0) is 126 Å². The van der Waals surface area contributed by atoms with Crippen LogP contribution in [0, 0.1) is 0 Å². The zero-order chi connectivity index (χ0) is 37.8. The zero-order valence-electron chi connectivity index (χ0n) is 30.7. The second-order valence-electron chi connectivity index (χ2n) is 13.0. The minimum absolute atomic E-state index is 0.591. The van der Waals surface area contributed by atoms with Crippen LogP contribution in [0.3, 0.4) is 0 Å². The number of hydrogen-bond donors (Lipinski definition) is 0. The molecule has 0 unspecified atom stereocenters. The summed E-state index contributed by atoms with van der Waals surface area (Å²) < 4.78 is 42.4. The van der Waals surface area contributed by atoms with Crippen LogP contribution in [0.4, 0.5) is 0 Å². The molecule has 7 aromatic rings. The van der Waals surface area contributed by atoms with Crippen molar-refractivity contribution < 1.29 is 33.2 Å². The number of ether oxygens (including phenoxy) is 7. The third-order valence-electron chi connectivity index (χ3n) is 8.44. The lowest BCUT2D eigenvalue weighted by atomic mass is 10.4. The molecule has 0 saturated heterocycles. The van der Waals surface area contributed by atoms with Gasteiger partial charge in [0.25, 0.3) is 0 Å². The average Bonchev–Trinajstić information content (AvgIpc) is 4.05. The molecule has 0 atom stereocenters. The van der Waals surface area contributed by atoms with Crippen molar-refractivity contribution in [3.8, 4) is 0 Å². The molecule has 0 spiro atoms. The maximum absolute atomic E-state index is 6.06. The Kier molecular flexibility index (Phi) is 15.2. The van der Waals surface area contributed by atoms with Crippen LogP contribution in [0.1, 0.15) is 68.3 Å². The number of rotatable bonds is 0. The van der Waals surface area contributed by atoms with Gasteiger partial charge in [-0.1, -0.05) is 0 Å².